The van der Waals surface area contributed by atoms with Crippen molar-refractivity contribution in [3.05, 3.63) is 58.1 Å². The Kier molecular flexibility index (Phi) is 5.55. The molecule has 2 unspecified atom stereocenters. The molecule has 0 radical (unpaired) electrons. The Morgan fingerprint density at radius 3 is 2.40 bits per heavy atom. The first kappa shape index (κ1) is 18.1. The minimum absolute atomic E-state index is 0.360. The van der Waals surface area contributed by atoms with Gasteiger partial charge in [0.25, 0.3) is 0 Å². The lowest BCUT2D eigenvalue weighted by molar-refractivity contribution is 0.171. The Morgan fingerprint density at radius 2 is 1.76 bits per heavy atom. The van der Waals surface area contributed by atoms with Gasteiger partial charge in [-0.3, -0.25) is 4.90 Å². The number of fused-ring (bicyclic) bond motifs is 1. The highest BCUT2D eigenvalue weighted by molar-refractivity contribution is 6.30. The van der Waals surface area contributed by atoms with Gasteiger partial charge in [-0.15, -0.1) is 0 Å². The number of hydrogen-bond donors (Lipinski definition) is 0. The van der Waals surface area contributed by atoms with Crippen LogP contribution < -0.4 is 9.47 Å². The maximum Gasteiger partial charge on any atom is 0.161 e. The molecule has 0 bridgehead atoms. The molecule has 2 atom stereocenters. The van der Waals surface area contributed by atoms with E-state index in [1.54, 1.807) is 14.2 Å². The fourth-order valence-corrected chi connectivity index (χ4v) is 4.07. The van der Waals surface area contributed by atoms with Crippen molar-refractivity contribution in [3.63, 3.8) is 0 Å². The topological polar surface area (TPSA) is 21.7 Å². The highest BCUT2D eigenvalue weighted by atomic mass is 35.5. The van der Waals surface area contributed by atoms with Crippen molar-refractivity contribution in [2.75, 3.05) is 27.8 Å². The molecule has 2 aromatic rings. The molecule has 0 saturated carbocycles. The van der Waals surface area contributed by atoms with Gasteiger partial charge in [0.15, 0.2) is 11.5 Å². The predicted octanol–water partition coefficient (Wildman–Crippen LogP) is 4.77. The fraction of sp³-hybridized carbons (Fsp3) is 0.429. The van der Waals surface area contributed by atoms with Crippen molar-refractivity contribution in [2.24, 2.45) is 5.92 Å². The maximum atomic E-state index is 6.01. The van der Waals surface area contributed by atoms with Crippen LogP contribution in [0.3, 0.4) is 0 Å². The quantitative estimate of drug-likeness (QED) is 0.767. The van der Waals surface area contributed by atoms with Gasteiger partial charge in [-0.2, -0.15) is 0 Å². The number of hydrogen-bond acceptors (Lipinski definition) is 3. The predicted molar refractivity (Wildman–Crippen MR) is 103 cm³/mol. The Balaban J connectivity index is 1.92. The third kappa shape index (κ3) is 3.78. The van der Waals surface area contributed by atoms with E-state index in [2.05, 4.69) is 43.1 Å². The lowest BCUT2D eigenvalue weighted by Gasteiger charge is -2.39. The smallest absolute Gasteiger partial charge is 0.161 e. The van der Waals surface area contributed by atoms with Gasteiger partial charge in [-0.25, -0.2) is 0 Å². The zero-order valence-corrected chi connectivity index (χ0v) is 16.1. The van der Waals surface area contributed by atoms with Crippen molar-refractivity contribution in [1.82, 2.24) is 4.90 Å². The monoisotopic (exact) mass is 359 g/mol. The van der Waals surface area contributed by atoms with E-state index < -0.39 is 0 Å². The molecule has 2 aromatic carbocycles. The summed E-state index contributed by atoms with van der Waals surface area (Å²) in [4.78, 5) is 2.45. The van der Waals surface area contributed by atoms with E-state index >= 15 is 0 Å². The molecule has 1 aliphatic rings. The van der Waals surface area contributed by atoms with Crippen LogP contribution in [0.25, 0.3) is 0 Å². The summed E-state index contributed by atoms with van der Waals surface area (Å²) in [6.45, 7) is 3.37. The Bertz CT molecular complexity index is 729. The first-order chi connectivity index (χ1) is 12.0. The Morgan fingerprint density at radius 1 is 1.12 bits per heavy atom. The number of rotatable bonds is 5. The molecule has 0 aliphatic carbocycles. The van der Waals surface area contributed by atoms with Crippen LogP contribution in [0, 0.1) is 5.92 Å². The van der Waals surface area contributed by atoms with E-state index in [-0.39, 0.29) is 0 Å². The molecule has 134 valence electrons. The normalized spacial score (nSPS) is 18.5. The van der Waals surface area contributed by atoms with E-state index in [4.69, 9.17) is 21.1 Å². The van der Waals surface area contributed by atoms with Gasteiger partial charge in [0.1, 0.15) is 0 Å². The van der Waals surface area contributed by atoms with Crippen LogP contribution in [0.2, 0.25) is 5.02 Å². The SMILES string of the molecule is COc1cc2c(cc1OC)C(C(C)Cc1ccc(Cl)cc1)N(C)CC2. The molecule has 4 heteroatoms. The summed E-state index contributed by atoms with van der Waals surface area (Å²) >= 11 is 6.01. The van der Waals surface area contributed by atoms with Gasteiger partial charge >= 0.3 is 0 Å². The molecule has 0 amide bonds. The molecule has 3 rings (SSSR count). The largest absolute Gasteiger partial charge is 0.493 e. The minimum atomic E-state index is 0.360. The lowest BCUT2D eigenvalue weighted by atomic mass is 9.82. The van der Waals surface area contributed by atoms with Gasteiger partial charge < -0.3 is 9.47 Å². The summed E-state index contributed by atoms with van der Waals surface area (Å²) < 4.78 is 11.0. The first-order valence-electron chi connectivity index (χ1n) is 8.73. The van der Waals surface area contributed by atoms with Crippen molar-refractivity contribution < 1.29 is 9.47 Å². The molecule has 1 aliphatic heterocycles. The number of likely N-dealkylation sites (N-methyl/N-ethyl adjacent to an activating group) is 1. The fourth-order valence-electron chi connectivity index (χ4n) is 3.95. The second kappa shape index (κ2) is 7.67. The summed E-state index contributed by atoms with van der Waals surface area (Å²) in [6, 6.07) is 12.8. The molecule has 0 spiro atoms. The number of benzene rings is 2. The number of nitrogens with zero attached hydrogens (tertiary/aromatic N) is 1. The van der Waals surface area contributed by atoms with Crippen molar-refractivity contribution in [3.8, 4) is 11.5 Å². The van der Waals surface area contributed by atoms with Gasteiger partial charge in [0, 0.05) is 17.6 Å². The summed E-state index contributed by atoms with van der Waals surface area (Å²) in [7, 11) is 5.60. The molecule has 0 aromatic heterocycles. The van der Waals surface area contributed by atoms with Crippen LogP contribution in [0.1, 0.15) is 29.7 Å². The van der Waals surface area contributed by atoms with Crippen molar-refractivity contribution in [2.45, 2.75) is 25.8 Å². The van der Waals surface area contributed by atoms with Crippen LogP contribution in [0.4, 0.5) is 0 Å². The van der Waals surface area contributed by atoms with Crippen molar-refractivity contribution >= 4 is 11.6 Å². The molecular formula is C21H26ClNO2. The highest BCUT2D eigenvalue weighted by Crippen LogP contribution is 2.41. The van der Waals surface area contributed by atoms with Gasteiger partial charge in [0.05, 0.1) is 14.2 Å². The average Bonchev–Trinajstić information content (AvgIpc) is 2.62. The van der Waals surface area contributed by atoms with Crippen LogP contribution in [0.15, 0.2) is 36.4 Å². The van der Waals surface area contributed by atoms with E-state index in [0.29, 0.717) is 12.0 Å². The highest BCUT2D eigenvalue weighted by Gasteiger charge is 2.30. The summed E-state index contributed by atoms with van der Waals surface area (Å²) in [5, 5.41) is 0.786. The molecule has 25 heavy (non-hydrogen) atoms. The third-order valence-electron chi connectivity index (χ3n) is 5.18. The minimum Gasteiger partial charge on any atom is -0.493 e. The Hall–Kier alpha value is -1.71. The van der Waals surface area contributed by atoms with Crippen LogP contribution in [0.5, 0.6) is 11.5 Å². The molecule has 0 saturated heterocycles. The number of halogens is 1. The molecular weight excluding hydrogens is 334 g/mol. The van der Waals surface area contributed by atoms with E-state index in [1.165, 1.54) is 16.7 Å². The van der Waals surface area contributed by atoms with Crippen LogP contribution in [-0.2, 0) is 12.8 Å². The second-order valence-corrected chi connectivity index (χ2v) is 7.33. The van der Waals surface area contributed by atoms with E-state index in [9.17, 15) is 0 Å². The molecule has 1 heterocycles. The van der Waals surface area contributed by atoms with Crippen molar-refractivity contribution in [1.29, 1.82) is 0 Å². The average molecular weight is 360 g/mol. The summed E-state index contributed by atoms with van der Waals surface area (Å²) in [5.74, 6) is 2.10. The molecule has 3 nitrogen and oxygen atoms in total. The third-order valence-corrected chi connectivity index (χ3v) is 5.43. The Labute approximate surface area is 155 Å². The lowest BCUT2D eigenvalue weighted by Crippen LogP contribution is -2.36. The molecule has 0 N–H and O–H groups in total. The van der Waals surface area contributed by atoms with E-state index in [0.717, 1.165) is 35.9 Å². The maximum absolute atomic E-state index is 6.01. The first-order valence-corrected chi connectivity index (χ1v) is 9.10. The zero-order valence-electron chi connectivity index (χ0n) is 15.4. The van der Waals surface area contributed by atoms with Gasteiger partial charge in [0.2, 0.25) is 0 Å². The number of methoxy groups -OCH3 is 2. The summed E-state index contributed by atoms with van der Waals surface area (Å²) in [5.41, 5.74) is 4.04. The van der Waals surface area contributed by atoms with Gasteiger partial charge in [-0.1, -0.05) is 30.7 Å². The van der Waals surface area contributed by atoms with E-state index in [1.807, 2.05) is 12.1 Å². The van der Waals surface area contributed by atoms with Gasteiger partial charge in [-0.05, 0) is 66.8 Å². The summed E-state index contributed by atoms with van der Waals surface area (Å²) in [6.07, 6.45) is 2.05. The standard InChI is InChI=1S/C21H26ClNO2/c1-14(11-15-5-7-17(22)8-6-15)21-18-13-20(25-4)19(24-3)12-16(18)9-10-23(21)2/h5-8,12-14,21H,9-11H2,1-4H3. The number of ether oxygens (including phenoxy) is 2. The van der Waals surface area contributed by atoms with Crippen LogP contribution >= 0.6 is 11.6 Å². The second-order valence-electron chi connectivity index (χ2n) is 6.89. The zero-order chi connectivity index (χ0) is 18.0. The van der Waals surface area contributed by atoms with Crippen LogP contribution in [-0.4, -0.2) is 32.7 Å². The molecule has 0 fully saturated rings.